The first-order chi connectivity index (χ1) is 13.7. The maximum atomic E-state index is 12.2. The lowest BCUT2D eigenvalue weighted by molar-refractivity contribution is -0.117. The van der Waals surface area contributed by atoms with Gasteiger partial charge >= 0.3 is 0 Å². The average molecular weight is 374 g/mol. The van der Waals surface area contributed by atoms with Crippen LogP contribution in [0.3, 0.4) is 0 Å². The molecule has 142 valence electrons. The van der Waals surface area contributed by atoms with E-state index >= 15 is 0 Å². The van der Waals surface area contributed by atoms with Gasteiger partial charge in [-0.1, -0.05) is 30.3 Å². The van der Waals surface area contributed by atoms with E-state index in [1.165, 1.54) is 0 Å². The van der Waals surface area contributed by atoms with E-state index in [0.29, 0.717) is 19.3 Å². The SMILES string of the molecule is O=C(CCc1ccc(-c2ccccc2)o1)Nc1ccc(N2CCCC2=O)cc1. The number of carbonyl (C=O) groups is 2. The second-order valence-electron chi connectivity index (χ2n) is 6.88. The molecule has 0 saturated carbocycles. The minimum Gasteiger partial charge on any atom is -0.461 e. The molecule has 1 aliphatic heterocycles. The zero-order valence-corrected chi connectivity index (χ0v) is 15.6. The van der Waals surface area contributed by atoms with E-state index in [9.17, 15) is 9.59 Å². The quantitative estimate of drug-likeness (QED) is 0.683. The van der Waals surface area contributed by atoms with Gasteiger partial charge in [0.15, 0.2) is 0 Å². The molecule has 2 heterocycles. The number of hydrogen-bond donors (Lipinski definition) is 1. The summed E-state index contributed by atoms with van der Waals surface area (Å²) in [5, 5.41) is 2.90. The summed E-state index contributed by atoms with van der Waals surface area (Å²) in [4.78, 5) is 25.8. The number of furan rings is 1. The highest BCUT2D eigenvalue weighted by Gasteiger charge is 2.21. The standard InChI is InChI=1S/C23H22N2O3/c26-22(15-13-20-12-14-21(28-20)17-5-2-1-3-6-17)24-18-8-10-19(11-9-18)25-16-4-7-23(25)27/h1-3,5-6,8-12,14H,4,7,13,15-16H2,(H,24,26). The Bertz CT molecular complexity index is 961. The third kappa shape index (κ3) is 4.14. The number of nitrogens with one attached hydrogen (secondary N) is 1. The second-order valence-corrected chi connectivity index (χ2v) is 6.88. The molecule has 0 radical (unpaired) electrons. The summed E-state index contributed by atoms with van der Waals surface area (Å²) in [5.41, 5.74) is 2.63. The summed E-state index contributed by atoms with van der Waals surface area (Å²) in [6.45, 7) is 0.763. The third-order valence-corrected chi connectivity index (χ3v) is 4.85. The van der Waals surface area contributed by atoms with Crippen LogP contribution >= 0.6 is 0 Å². The first-order valence-corrected chi connectivity index (χ1v) is 9.53. The Morgan fingerprint density at radius 3 is 2.50 bits per heavy atom. The normalized spacial score (nSPS) is 13.7. The van der Waals surface area contributed by atoms with E-state index in [1.807, 2.05) is 66.7 Å². The highest BCUT2D eigenvalue weighted by molar-refractivity contribution is 5.96. The fraction of sp³-hybridized carbons (Fsp3) is 0.217. The predicted octanol–water partition coefficient (Wildman–Crippen LogP) is 4.64. The van der Waals surface area contributed by atoms with Gasteiger partial charge < -0.3 is 14.6 Å². The average Bonchev–Trinajstić information content (AvgIpc) is 3.37. The van der Waals surface area contributed by atoms with Crippen molar-refractivity contribution in [3.8, 4) is 11.3 Å². The van der Waals surface area contributed by atoms with Crippen molar-refractivity contribution in [3.63, 3.8) is 0 Å². The zero-order chi connectivity index (χ0) is 19.3. The lowest BCUT2D eigenvalue weighted by Gasteiger charge is -2.16. The summed E-state index contributed by atoms with van der Waals surface area (Å²) in [6.07, 6.45) is 2.39. The summed E-state index contributed by atoms with van der Waals surface area (Å²) >= 11 is 0. The van der Waals surface area contributed by atoms with Crippen LogP contribution in [0.1, 0.15) is 25.0 Å². The van der Waals surface area contributed by atoms with E-state index in [0.717, 1.165) is 41.4 Å². The van der Waals surface area contributed by atoms with Gasteiger partial charge in [0.1, 0.15) is 11.5 Å². The molecule has 0 aliphatic carbocycles. The number of nitrogens with zero attached hydrogens (tertiary/aromatic N) is 1. The minimum absolute atomic E-state index is 0.0670. The Balaban J connectivity index is 1.30. The van der Waals surface area contributed by atoms with Gasteiger partial charge in [0.25, 0.3) is 0 Å². The highest BCUT2D eigenvalue weighted by atomic mass is 16.3. The van der Waals surface area contributed by atoms with Crippen molar-refractivity contribution in [2.24, 2.45) is 0 Å². The molecule has 4 rings (SSSR count). The lowest BCUT2D eigenvalue weighted by Crippen LogP contribution is -2.23. The summed E-state index contributed by atoms with van der Waals surface area (Å²) in [7, 11) is 0. The molecule has 2 aromatic carbocycles. The molecule has 0 spiro atoms. The molecule has 5 nitrogen and oxygen atoms in total. The number of rotatable bonds is 6. The first-order valence-electron chi connectivity index (χ1n) is 9.53. The number of hydrogen-bond acceptors (Lipinski definition) is 3. The van der Waals surface area contributed by atoms with Crippen LogP contribution in [0, 0.1) is 0 Å². The van der Waals surface area contributed by atoms with Crippen LogP contribution in [0.25, 0.3) is 11.3 Å². The Morgan fingerprint density at radius 2 is 1.79 bits per heavy atom. The van der Waals surface area contributed by atoms with Crippen molar-refractivity contribution in [3.05, 3.63) is 72.5 Å². The number of aryl methyl sites for hydroxylation is 1. The molecule has 0 atom stereocenters. The Morgan fingerprint density at radius 1 is 1.00 bits per heavy atom. The Hall–Kier alpha value is -3.34. The molecule has 0 unspecified atom stereocenters. The fourth-order valence-corrected chi connectivity index (χ4v) is 3.38. The van der Waals surface area contributed by atoms with Gasteiger partial charge in [-0.05, 0) is 42.8 Å². The molecule has 1 aliphatic rings. The van der Waals surface area contributed by atoms with E-state index < -0.39 is 0 Å². The number of anilines is 2. The Kier molecular flexibility index (Phi) is 5.24. The topological polar surface area (TPSA) is 62.6 Å². The predicted molar refractivity (Wildman–Crippen MR) is 109 cm³/mol. The van der Waals surface area contributed by atoms with Crippen molar-refractivity contribution < 1.29 is 14.0 Å². The summed E-state index contributed by atoms with van der Waals surface area (Å²) in [6, 6.07) is 21.1. The highest BCUT2D eigenvalue weighted by Crippen LogP contribution is 2.24. The number of carbonyl (C=O) groups excluding carboxylic acids is 2. The summed E-state index contributed by atoms with van der Waals surface area (Å²) < 4.78 is 5.84. The van der Waals surface area contributed by atoms with E-state index in [-0.39, 0.29) is 11.8 Å². The summed E-state index contributed by atoms with van der Waals surface area (Å²) in [5.74, 6) is 1.69. The largest absolute Gasteiger partial charge is 0.461 e. The van der Waals surface area contributed by atoms with Crippen molar-refractivity contribution in [1.29, 1.82) is 0 Å². The van der Waals surface area contributed by atoms with Crippen molar-refractivity contribution in [2.45, 2.75) is 25.7 Å². The van der Waals surface area contributed by atoms with Gasteiger partial charge in [0.2, 0.25) is 11.8 Å². The van der Waals surface area contributed by atoms with Crippen LogP contribution in [0.15, 0.2) is 71.1 Å². The van der Waals surface area contributed by atoms with Gasteiger partial charge in [-0.2, -0.15) is 0 Å². The molecule has 1 fully saturated rings. The van der Waals surface area contributed by atoms with Crippen LogP contribution in [-0.2, 0) is 16.0 Å². The molecule has 1 saturated heterocycles. The van der Waals surface area contributed by atoms with Crippen LogP contribution in [0.4, 0.5) is 11.4 Å². The molecule has 5 heteroatoms. The third-order valence-electron chi connectivity index (χ3n) is 4.85. The van der Waals surface area contributed by atoms with Crippen LogP contribution < -0.4 is 10.2 Å². The molecule has 1 N–H and O–H groups in total. The smallest absolute Gasteiger partial charge is 0.227 e. The van der Waals surface area contributed by atoms with Crippen molar-refractivity contribution >= 4 is 23.2 Å². The maximum absolute atomic E-state index is 12.2. The lowest BCUT2D eigenvalue weighted by atomic mass is 10.2. The van der Waals surface area contributed by atoms with E-state index in [4.69, 9.17) is 4.42 Å². The molecule has 1 aromatic heterocycles. The van der Waals surface area contributed by atoms with Gasteiger partial charge in [-0.3, -0.25) is 9.59 Å². The monoisotopic (exact) mass is 374 g/mol. The second kappa shape index (κ2) is 8.13. The van der Waals surface area contributed by atoms with Gasteiger partial charge in [-0.15, -0.1) is 0 Å². The molecular weight excluding hydrogens is 352 g/mol. The van der Waals surface area contributed by atoms with Gasteiger partial charge in [-0.25, -0.2) is 0 Å². The molecule has 3 aromatic rings. The van der Waals surface area contributed by atoms with E-state index in [1.54, 1.807) is 4.90 Å². The zero-order valence-electron chi connectivity index (χ0n) is 15.6. The number of benzene rings is 2. The van der Waals surface area contributed by atoms with Gasteiger partial charge in [0, 0.05) is 42.7 Å². The Labute approximate surface area is 164 Å². The van der Waals surface area contributed by atoms with Crippen LogP contribution in [0.2, 0.25) is 0 Å². The van der Waals surface area contributed by atoms with Crippen molar-refractivity contribution in [2.75, 3.05) is 16.8 Å². The molecule has 0 bridgehead atoms. The fourth-order valence-electron chi connectivity index (χ4n) is 3.38. The molecule has 2 amide bonds. The molecule has 28 heavy (non-hydrogen) atoms. The number of amides is 2. The maximum Gasteiger partial charge on any atom is 0.227 e. The van der Waals surface area contributed by atoms with E-state index in [2.05, 4.69) is 5.32 Å². The van der Waals surface area contributed by atoms with Crippen LogP contribution in [0.5, 0.6) is 0 Å². The minimum atomic E-state index is -0.0670. The van der Waals surface area contributed by atoms with Crippen LogP contribution in [-0.4, -0.2) is 18.4 Å². The van der Waals surface area contributed by atoms with Crippen molar-refractivity contribution in [1.82, 2.24) is 0 Å². The molecular formula is C23H22N2O3. The van der Waals surface area contributed by atoms with Gasteiger partial charge in [0.05, 0.1) is 0 Å². The first kappa shape index (κ1) is 18.0.